The number of aliphatic hydroxyl groups is 1. The number of hydrogen-bond donors (Lipinski definition) is 2. The molecule has 6 rings (SSSR count). The monoisotopic (exact) mass is 712 g/mol. The molecule has 3 saturated carbocycles. The predicted octanol–water partition coefficient (Wildman–Crippen LogP) is 3.85. The summed E-state index contributed by atoms with van der Waals surface area (Å²) < 4.78 is 33.6. The van der Waals surface area contributed by atoms with Crippen LogP contribution in [-0.2, 0) is 29.2 Å². The van der Waals surface area contributed by atoms with E-state index in [0.717, 1.165) is 23.8 Å². The molecule has 3 heterocycles. The largest absolute Gasteiger partial charge is 0.458 e. The molecule has 49 heavy (non-hydrogen) atoms. The molecule has 264 valence electrons. The lowest BCUT2D eigenvalue weighted by Gasteiger charge is -2.35. The molecule has 14 heteroatoms. The van der Waals surface area contributed by atoms with Crippen LogP contribution in [-0.4, -0.2) is 81.3 Å². The molecule has 0 radical (unpaired) electrons. The first-order valence-electron chi connectivity index (χ1n) is 16.9. The van der Waals surface area contributed by atoms with E-state index in [4.69, 9.17) is 4.74 Å². The van der Waals surface area contributed by atoms with Gasteiger partial charge in [0.05, 0.1) is 39.4 Å². The van der Waals surface area contributed by atoms with E-state index in [-0.39, 0.29) is 43.5 Å². The quantitative estimate of drug-likeness (QED) is 0.258. The number of rotatable bonds is 15. The van der Waals surface area contributed by atoms with Crippen LogP contribution >= 0.6 is 11.3 Å². The van der Waals surface area contributed by atoms with Gasteiger partial charge >= 0.3 is 6.01 Å². The highest BCUT2D eigenvalue weighted by Crippen LogP contribution is 2.60. The van der Waals surface area contributed by atoms with Crippen molar-refractivity contribution in [1.29, 1.82) is 0 Å². The number of amides is 2. The molecular weight excluding hydrogens is 669 g/mol. The smallest absolute Gasteiger partial charge is 0.317 e. The lowest BCUT2D eigenvalue weighted by molar-refractivity contribution is -0.146. The lowest BCUT2D eigenvalue weighted by Crippen LogP contribution is -2.49. The fourth-order valence-corrected chi connectivity index (χ4v) is 8.89. The number of nitrogens with zero attached hydrogens (tertiary/aromatic N) is 3. The molecule has 0 aromatic carbocycles. The van der Waals surface area contributed by atoms with Crippen molar-refractivity contribution < 1.29 is 37.4 Å². The third-order valence-corrected chi connectivity index (χ3v) is 13.0. The average Bonchev–Trinajstić information content (AvgIpc) is 4.00. The Labute approximate surface area is 290 Å². The zero-order valence-corrected chi connectivity index (χ0v) is 29.7. The van der Waals surface area contributed by atoms with Gasteiger partial charge in [-0.15, -0.1) is 17.9 Å². The second-order valence-corrected chi connectivity index (χ2v) is 18.1. The van der Waals surface area contributed by atoms with E-state index in [1.165, 1.54) is 16.2 Å². The van der Waals surface area contributed by atoms with Gasteiger partial charge in [-0.2, -0.15) is 4.98 Å². The SMILES string of the molecule is C=CC1(O)C[C@]1(CC(=O)[C@@H]1C[C@@H](Oc2nccc(-c3cccs3)n2)CN1C(=O)[C@@H](CC(=O)CC1CC1)C(C)(C)C)C(=O)NS(=O)(=O)C1CC1. The van der Waals surface area contributed by atoms with Gasteiger partial charge in [-0.05, 0) is 60.9 Å². The van der Waals surface area contributed by atoms with Crippen molar-refractivity contribution in [2.75, 3.05) is 6.54 Å². The van der Waals surface area contributed by atoms with Gasteiger partial charge in [-0.25, -0.2) is 13.4 Å². The summed E-state index contributed by atoms with van der Waals surface area (Å²) in [6, 6.07) is 4.59. The van der Waals surface area contributed by atoms with E-state index >= 15 is 0 Å². The Morgan fingerprint density at radius 3 is 2.53 bits per heavy atom. The normalized spacial score (nSPS) is 27.3. The van der Waals surface area contributed by atoms with E-state index in [0.29, 0.717) is 30.9 Å². The Hall–Kier alpha value is -3.49. The van der Waals surface area contributed by atoms with Crippen LogP contribution in [0.5, 0.6) is 6.01 Å². The lowest BCUT2D eigenvalue weighted by atomic mass is 9.76. The minimum atomic E-state index is -3.96. The van der Waals surface area contributed by atoms with E-state index in [9.17, 15) is 32.7 Å². The number of carbonyl (C=O) groups is 4. The van der Waals surface area contributed by atoms with Crippen LogP contribution in [0.2, 0.25) is 0 Å². The van der Waals surface area contributed by atoms with Crippen molar-refractivity contribution in [2.45, 2.75) is 102 Å². The summed E-state index contributed by atoms with van der Waals surface area (Å²) in [5, 5.41) is 12.4. The van der Waals surface area contributed by atoms with Crippen LogP contribution in [0.3, 0.4) is 0 Å². The van der Waals surface area contributed by atoms with Crippen molar-refractivity contribution >= 4 is 44.7 Å². The molecule has 1 aliphatic heterocycles. The summed E-state index contributed by atoms with van der Waals surface area (Å²) in [5.74, 6) is -2.22. The highest BCUT2D eigenvalue weighted by Gasteiger charge is 2.71. The predicted molar refractivity (Wildman–Crippen MR) is 182 cm³/mol. The number of carbonyl (C=O) groups excluding carboxylic acids is 4. The van der Waals surface area contributed by atoms with Crippen LogP contribution in [0.4, 0.5) is 0 Å². The Balaban J connectivity index is 1.26. The number of nitrogens with one attached hydrogen (secondary N) is 1. The Bertz CT molecular complexity index is 1750. The molecule has 2 amide bonds. The summed E-state index contributed by atoms with van der Waals surface area (Å²) in [4.78, 5) is 66.4. The van der Waals surface area contributed by atoms with E-state index in [1.54, 1.807) is 12.3 Å². The molecule has 2 aromatic rings. The maximum atomic E-state index is 14.4. The van der Waals surface area contributed by atoms with Crippen molar-refractivity contribution in [3.8, 4) is 16.6 Å². The number of sulfonamides is 1. The maximum Gasteiger partial charge on any atom is 0.317 e. The molecule has 1 saturated heterocycles. The van der Waals surface area contributed by atoms with Crippen molar-refractivity contribution in [3.05, 3.63) is 42.4 Å². The molecule has 12 nitrogen and oxygen atoms in total. The van der Waals surface area contributed by atoms with Crippen molar-refractivity contribution in [1.82, 2.24) is 19.6 Å². The molecule has 2 N–H and O–H groups in total. The molecule has 1 unspecified atom stereocenters. The third kappa shape index (κ3) is 7.51. The number of thiophene rings is 1. The van der Waals surface area contributed by atoms with Gasteiger partial charge in [-0.3, -0.25) is 23.9 Å². The minimum Gasteiger partial charge on any atom is -0.458 e. The van der Waals surface area contributed by atoms with Crippen LogP contribution in [0.25, 0.3) is 10.6 Å². The summed E-state index contributed by atoms with van der Waals surface area (Å²) in [7, 11) is -3.96. The van der Waals surface area contributed by atoms with E-state index in [1.807, 2.05) is 38.3 Å². The van der Waals surface area contributed by atoms with Gasteiger partial charge in [0, 0.05) is 37.8 Å². The zero-order valence-electron chi connectivity index (χ0n) is 28.1. The first-order chi connectivity index (χ1) is 23.0. The van der Waals surface area contributed by atoms with Crippen LogP contribution in [0.15, 0.2) is 42.4 Å². The molecule has 0 spiro atoms. The molecule has 3 aliphatic carbocycles. The van der Waals surface area contributed by atoms with Crippen molar-refractivity contribution in [3.63, 3.8) is 0 Å². The number of likely N-dealkylation sites (tertiary alicyclic amines) is 1. The van der Waals surface area contributed by atoms with Gasteiger partial charge in [0.25, 0.3) is 0 Å². The molecule has 2 aromatic heterocycles. The fourth-order valence-electron chi connectivity index (χ4n) is 6.82. The van der Waals surface area contributed by atoms with E-state index in [2.05, 4.69) is 21.3 Å². The van der Waals surface area contributed by atoms with Gasteiger partial charge in [0.1, 0.15) is 11.9 Å². The van der Waals surface area contributed by atoms with Crippen LogP contribution < -0.4 is 9.46 Å². The fraction of sp³-hybridized carbons (Fsp3) is 0.600. The highest BCUT2D eigenvalue weighted by molar-refractivity contribution is 7.90. The summed E-state index contributed by atoms with van der Waals surface area (Å²) in [6.07, 6.45) is 4.70. The van der Waals surface area contributed by atoms with Gasteiger partial charge in [-0.1, -0.05) is 32.9 Å². The third-order valence-electron chi connectivity index (χ3n) is 10.3. The summed E-state index contributed by atoms with van der Waals surface area (Å²) >= 11 is 1.51. The second-order valence-electron chi connectivity index (χ2n) is 15.2. The highest BCUT2D eigenvalue weighted by atomic mass is 32.2. The molecule has 4 fully saturated rings. The number of aromatic nitrogens is 2. The van der Waals surface area contributed by atoms with Crippen molar-refractivity contribution in [2.24, 2.45) is 22.7 Å². The number of hydrogen-bond acceptors (Lipinski definition) is 11. The number of ether oxygens (including phenoxy) is 1. The molecule has 4 aliphatic rings. The number of ketones is 2. The molecule has 0 bridgehead atoms. The molecule has 5 atom stereocenters. The molecular formula is C35H44N4O8S2. The topological polar surface area (TPSA) is 173 Å². The summed E-state index contributed by atoms with van der Waals surface area (Å²) in [5.41, 5.74) is -3.51. The average molecular weight is 713 g/mol. The standard InChI is InChI=1S/C35H44N4O8S2/c1-5-35(44)20-34(35,31(43)38-49(45,46)24-10-11-24)18-28(41)27-17-23(47-32-36-13-12-26(37-32)29-7-6-14-48-29)19-39(27)30(42)25(33(2,3)4)16-22(40)15-21-8-9-21/h5-7,12-14,21,23-25,27,44H,1,8-11,15-20H2,2-4H3,(H,38,43)/t23-,25-,27+,34-,35?/m1/s1. The van der Waals surface area contributed by atoms with E-state index < -0.39 is 67.9 Å². The summed E-state index contributed by atoms with van der Waals surface area (Å²) in [6.45, 7) is 9.30. The van der Waals surface area contributed by atoms with Gasteiger partial charge < -0.3 is 14.7 Å². The second kappa shape index (κ2) is 13.0. The zero-order chi connectivity index (χ0) is 35.4. The Morgan fingerprint density at radius 2 is 1.94 bits per heavy atom. The first-order valence-corrected chi connectivity index (χ1v) is 19.3. The van der Waals surface area contributed by atoms with Crippen LogP contribution in [0.1, 0.15) is 78.6 Å². The minimum absolute atomic E-state index is 0.00552. The number of Topliss-reactive ketones (excluding diaryl/α,β-unsaturated/α-hetero) is 2. The van der Waals surface area contributed by atoms with Gasteiger partial charge in [0.2, 0.25) is 21.8 Å². The van der Waals surface area contributed by atoms with Gasteiger partial charge in [0.15, 0.2) is 5.78 Å². The first kappa shape index (κ1) is 35.3. The van der Waals surface area contributed by atoms with Crippen LogP contribution in [0, 0.1) is 22.7 Å². The Morgan fingerprint density at radius 1 is 1.20 bits per heavy atom. The Kier molecular flexibility index (Phi) is 9.38. The maximum absolute atomic E-state index is 14.4.